The van der Waals surface area contributed by atoms with Crippen LogP contribution in [0, 0.1) is 12.8 Å². The molecule has 2 aromatic carbocycles. The number of nitrogens with one attached hydrogen (secondary N) is 1. The number of aryl methyl sites for hydroxylation is 1. The van der Waals surface area contributed by atoms with Gasteiger partial charge >= 0.3 is 0 Å². The van der Waals surface area contributed by atoms with E-state index in [1.165, 1.54) is 12.8 Å². The van der Waals surface area contributed by atoms with Gasteiger partial charge in [-0.1, -0.05) is 30.5 Å². The number of likely N-dealkylation sites (tertiary alicyclic amines) is 1. The van der Waals surface area contributed by atoms with Gasteiger partial charge < -0.3 is 9.80 Å². The third-order valence-electron chi connectivity index (χ3n) is 6.50. The number of sulfonamides is 1. The normalized spacial score (nSPS) is 20.0. The Kier molecular flexibility index (Phi) is 7.04. The van der Waals surface area contributed by atoms with Gasteiger partial charge in [0.1, 0.15) is 0 Å². The number of hydrogen-bond acceptors (Lipinski definition) is 4. The monoisotopic (exact) mass is 455 g/mol. The van der Waals surface area contributed by atoms with E-state index in [2.05, 4.69) is 14.5 Å². The maximum absolute atomic E-state index is 13.1. The van der Waals surface area contributed by atoms with E-state index in [1.807, 2.05) is 19.1 Å². The Morgan fingerprint density at radius 1 is 0.875 bits per heavy atom. The van der Waals surface area contributed by atoms with E-state index in [0.29, 0.717) is 11.6 Å². The Labute approximate surface area is 191 Å². The van der Waals surface area contributed by atoms with Crippen molar-refractivity contribution in [2.45, 2.75) is 50.3 Å². The molecule has 2 saturated heterocycles. The number of anilines is 2. The van der Waals surface area contributed by atoms with Crippen molar-refractivity contribution in [2.75, 3.05) is 35.8 Å². The summed E-state index contributed by atoms with van der Waals surface area (Å²) in [6.45, 7) is 5.35. The molecule has 0 bridgehead atoms. The molecule has 2 heterocycles. The molecule has 0 aromatic heterocycles. The van der Waals surface area contributed by atoms with Crippen molar-refractivity contribution >= 4 is 27.3 Å². The number of amides is 1. The molecule has 1 N–H and O–H groups in total. The van der Waals surface area contributed by atoms with Gasteiger partial charge in [-0.2, -0.15) is 0 Å². The zero-order chi connectivity index (χ0) is 22.6. The van der Waals surface area contributed by atoms with Crippen molar-refractivity contribution in [3.8, 4) is 0 Å². The van der Waals surface area contributed by atoms with Gasteiger partial charge in [-0.05, 0) is 69.0 Å². The molecule has 1 unspecified atom stereocenters. The lowest BCUT2D eigenvalue weighted by molar-refractivity contribution is -0.135. The highest BCUT2D eigenvalue weighted by Crippen LogP contribution is 2.27. The lowest BCUT2D eigenvalue weighted by atomic mass is 9.95. The number of carbonyl (C=O) groups excluding carboxylic acids is 1. The van der Waals surface area contributed by atoms with Crippen molar-refractivity contribution in [3.63, 3.8) is 0 Å². The van der Waals surface area contributed by atoms with E-state index in [9.17, 15) is 13.2 Å². The van der Waals surface area contributed by atoms with Crippen molar-refractivity contribution in [1.29, 1.82) is 0 Å². The Hall–Kier alpha value is -2.54. The average molecular weight is 456 g/mol. The van der Waals surface area contributed by atoms with E-state index in [1.54, 1.807) is 36.4 Å². The van der Waals surface area contributed by atoms with E-state index in [4.69, 9.17) is 0 Å². The molecule has 0 saturated carbocycles. The van der Waals surface area contributed by atoms with Gasteiger partial charge in [0.2, 0.25) is 5.91 Å². The van der Waals surface area contributed by atoms with Crippen LogP contribution in [-0.2, 0) is 14.8 Å². The predicted molar refractivity (Wildman–Crippen MR) is 128 cm³/mol. The summed E-state index contributed by atoms with van der Waals surface area (Å²) < 4.78 is 27.9. The highest BCUT2D eigenvalue weighted by atomic mass is 32.2. The van der Waals surface area contributed by atoms with Crippen LogP contribution in [0.4, 0.5) is 11.4 Å². The maximum atomic E-state index is 13.1. The van der Waals surface area contributed by atoms with Crippen LogP contribution in [0.25, 0.3) is 0 Å². The first-order valence-electron chi connectivity index (χ1n) is 11.7. The van der Waals surface area contributed by atoms with Crippen LogP contribution in [0.1, 0.15) is 44.1 Å². The molecule has 0 radical (unpaired) electrons. The molecule has 7 heteroatoms. The molecule has 1 amide bonds. The Morgan fingerprint density at radius 2 is 1.53 bits per heavy atom. The third kappa shape index (κ3) is 5.44. The van der Waals surface area contributed by atoms with Gasteiger partial charge in [0.15, 0.2) is 0 Å². The van der Waals surface area contributed by atoms with Gasteiger partial charge in [0.25, 0.3) is 10.0 Å². The van der Waals surface area contributed by atoms with E-state index < -0.39 is 10.0 Å². The van der Waals surface area contributed by atoms with Gasteiger partial charge in [-0.15, -0.1) is 0 Å². The van der Waals surface area contributed by atoms with Crippen LogP contribution in [0.5, 0.6) is 0 Å². The highest BCUT2D eigenvalue weighted by Gasteiger charge is 2.29. The molecule has 6 nitrogen and oxygen atoms in total. The highest BCUT2D eigenvalue weighted by molar-refractivity contribution is 7.92. The molecule has 2 fully saturated rings. The Morgan fingerprint density at radius 3 is 2.19 bits per heavy atom. The molecule has 4 rings (SSSR count). The van der Waals surface area contributed by atoms with Crippen LogP contribution in [0.3, 0.4) is 0 Å². The van der Waals surface area contributed by atoms with E-state index in [0.717, 1.165) is 63.1 Å². The first-order chi connectivity index (χ1) is 15.4. The minimum Gasteiger partial charge on any atom is -0.371 e. The topological polar surface area (TPSA) is 69.7 Å². The summed E-state index contributed by atoms with van der Waals surface area (Å²) in [7, 11) is -3.62. The largest absolute Gasteiger partial charge is 0.371 e. The molecule has 2 aliphatic rings. The number of nitrogens with zero attached hydrogens (tertiary/aromatic N) is 2. The second-order valence-electron chi connectivity index (χ2n) is 8.99. The van der Waals surface area contributed by atoms with Crippen molar-refractivity contribution < 1.29 is 13.2 Å². The van der Waals surface area contributed by atoms with Crippen molar-refractivity contribution in [3.05, 3.63) is 54.1 Å². The van der Waals surface area contributed by atoms with Crippen LogP contribution >= 0.6 is 0 Å². The minimum atomic E-state index is -3.62. The quantitative estimate of drug-likeness (QED) is 0.725. The van der Waals surface area contributed by atoms with E-state index in [-0.39, 0.29) is 10.8 Å². The molecule has 1 atom stereocenters. The van der Waals surface area contributed by atoms with Gasteiger partial charge in [0.05, 0.1) is 10.8 Å². The average Bonchev–Trinajstić information content (AvgIpc) is 3.09. The van der Waals surface area contributed by atoms with E-state index >= 15 is 0 Å². The summed E-state index contributed by atoms with van der Waals surface area (Å²) in [6, 6.07) is 14.3. The van der Waals surface area contributed by atoms with Crippen LogP contribution in [-0.4, -0.2) is 45.4 Å². The minimum absolute atomic E-state index is 0.0431. The first kappa shape index (κ1) is 22.6. The third-order valence-corrected chi connectivity index (χ3v) is 7.90. The van der Waals surface area contributed by atoms with Gasteiger partial charge in [-0.3, -0.25) is 9.52 Å². The van der Waals surface area contributed by atoms with Crippen LogP contribution < -0.4 is 9.62 Å². The van der Waals surface area contributed by atoms with Crippen LogP contribution in [0.15, 0.2) is 53.4 Å². The zero-order valence-electron chi connectivity index (χ0n) is 18.8. The number of hydrogen-bond donors (Lipinski definition) is 1. The second-order valence-corrected chi connectivity index (χ2v) is 10.7. The summed E-state index contributed by atoms with van der Waals surface area (Å²) in [4.78, 5) is 17.6. The lowest BCUT2D eigenvalue weighted by Crippen LogP contribution is -2.45. The van der Waals surface area contributed by atoms with Crippen LogP contribution in [0.2, 0.25) is 0 Å². The van der Waals surface area contributed by atoms with Gasteiger partial charge in [-0.25, -0.2) is 8.42 Å². The fourth-order valence-corrected chi connectivity index (χ4v) is 5.69. The summed E-state index contributed by atoms with van der Waals surface area (Å²) >= 11 is 0. The summed E-state index contributed by atoms with van der Waals surface area (Å²) in [5.41, 5.74) is 2.57. The molecule has 172 valence electrons. The second kappa shape index (κ2) is 9.94. The Balaban J connectivity index is 1.40. The molecule has 0 spiro atoms. The SMILES string of the molecule is Cc1ccc(S(=O)(=O)Nc2ccc(N3CCCC(C(=O)N4CCCCCC4)C3)cc2)cc1. The van der Waals surface area contributed by atoms with Crippen molar-refractivity contribution in [2.24, 2.45) is 5.92 Å². The standard InChI is InChI=1S/C25H33N3O3S/c1-20-8-14-24(15-9-20)32(30,31)26-22-10-12-23(13-11-22)28-18-6-7-21(19-28)25(29)27-16-4-2-3-5-17-27/h8-15,21,26H,2-7,16-19H2,1H3. The molecule has 2 aliphatic heterocycles. The number of rotatable bonds is 5. The molecule has 32 heavy (non-hydrogen) atoms. The van der Waals surface area contributed by atoms with Gasteiger partial charge in [0, 0.05) is 37.6 Å². The first-order valence-corrected chi connectivity index (χ1v) is 13.1. The Bertz CT molecular complexity index is 1010. The number of carbonyl (C=O) groups is 1. The maximum Gasteiger partial charge on any atom is 0.261 e. The number of piperidine rings is 1. The molecule has 0 aliphatic carbocycles. The number of benzene rings is 2. The molecular formula is C25H33N3O3S. The fraction of sp³-hybridized carbons (Fsp3) is 0.480. The molecular weight excluding hydrogens is 422 g/mol. The summed E-state index contributed by atoms with van der Waals surface area (Å²) in [5, 5.41) is 0. The predicted octanol–water partition coefficient (Wildman–Crippen LogP) is 4.41. The zero-order valence-corrected chi connectivity index (χ0v) is 19.6. The summed E-state index contributed by atoms with van der Waals surface area (Å²) in [5.74, 6) is 0.348. The fourth-order valence-electron chi connectivity index (χ4n) is 4.63. The van der Waals surface area contributed by atoms with Crippen molar-refractivity contribution in [1.82, 2.24) is 4.90 Å². The molecule has 2 aromatic rings. The smallest absolute Gasteiger partial charge is 0.261 e. The lowest BCUT2D eigenvalue weighted by Gasteiger charge is -2.36. The summed E-state index contributed by atoms with van der Waals surface area (Å²) in [6.07, 6.45) is 6.61.